The van der Waals surface area contributed by atoms with Gasteiger partial charge in [-0.05, 0) is 43.9 Å². The maximum atomic E-state index is 11.6. The summed E-state index contributed by atoms with van der Waals surface area (Å²) < 4.78 is 19.7. The molecule has 13 heteroatoms. The number of ether oxygens (including phenoxy) is 4. The molecule has 0 heterocycles. The Balaban J connectivity index is -0.0000000902. The Morgan fingerprint density at radius 2 is 0.807 bits per heavy atom. The fraction of sp³-hybridized carbons (Fsp3) is 0.893. The van der Waals surface area contributed by atoms with Crippen molar-refractivity contribution in [3.8, 4) is 0 Å². The number of methoxy groups -OCH3 is 1. The van der Waals surface area contributed by atoms with E-state index in [1.165, 1.54) is 206 Å². The van der Waals surface area contributed by atoms with E-state index in [-0.39, 0.29) is 94.0 Å². The van der Waals surface area contributed by atoms with Gasteiger partial charge in [0.2, 0.25) is 0 Å². The third-order valence-electron chi connectivity index (χ3n) is 13.6. The Morgan fingerprint density at radius 3 is 1.07 bits per heavy atom. The summed E-state index contributed by atoms with van der Waals surface area (Å²) in [7, 11) is 1.77. The van der Waals surface area contributed by atoms with Gasteiger partial charge in [-0.2, -0.15) is 13.3 Å². The predicted octanol–water partition coefficient (Wildman–Crippen LogP) is 23.0. The zero-order valence-electron chi connectivity index (χ0n) is 62.2. The molecule has 0 spiro atoms. The molecule has 0 aromatic heterocycles. The Bertz CT molecular complexity index is 1230. The molecule has 0 aromatic rings. The monoisotopic (exact) mass is 1490 g/mol. The molecule has 0 radical (unpaired) electrons. The van der Waals surface area contributed by atoms with Crippen LogP contribution in [0.15, 0.2) is 0 Å². The van der Waals surface area contributed by atoms with Crippen LogP contribution in [0.5, 0.6) is 0 Å². The number of aldehydes is 1. The van der Waals surface area contributed by atoms with Crippen LogP contribution in [-0.4, -0.2) is 81.4 Å². The molecule has 4 atom stereocenters. The fourth-order valence-corrected chi connectivity index (χ4v) is 7.87. The minimum atomic E-state index is -1.03. The molecule has 0 bridgehead atoms. The Hall–Kier alpha value is -2.10. The molecule has 0 rings (SSSR count). The van der Waals surface area contributed by atoms with Crippen LogP contribution < -0.4 is 0 Å². The van der Waals surface area contributed by atoms with Gasteiger partial charge in [-0.25, -0.2) is 0 Å². The van der Waals surface area contributed by atoms with Crippen molar-refractivity contribution in [3.63, 3.8) is 0 Å². The number of hydrogen-bond acceptors (Lipinski definition) is 11. The van der Waals surface area contributed by atoms with Crippen LogP contribution in [0.4, 0.5) is 0 Å². The summed E-state index contributed by atoms with van der Waals surface area (Å²) in [6, 6.07) is 0. The standard InChI is InChI=1S/C16H28O4.C15H26O6.C11H24.C9H20O.C9H20.2C4H10.C3H7.C2H3O.C2H6.U/c1-3-4-5-6-7-8-11-20-16(19)13-15(9-10-17)12-14(2)18;1-2-3-4-5-6-7-8-21-15(19)10-13(9-14(17)18)11-20-12-16;1-5-8-9-11(7-3)10(4)6-2;1-3-4-5-6-7-8-9-10-2;1-3-5-7-9-8-6-4-2;2*1-3-4-2;1-3-2;1-2-3;1-2;/h10,15H,3-9,11-13H2,1-2H3;12-13H,2-11H2,1H3,(H,17,18);10-11H,5-9H2,1-4H3;3-9H2,1-2H3;3-9H2,1-2H3;2*3-4H2,1-2H3;1,3H2,2H3;1H3;1-2H3;/q;;;;;;;2*-1;;+2. The first-order chi connectivity index (χ1) is 41.9. The third-order valence-corrected chi connectivity index (χ3v) is 13.6. The van der Waals surface area contributed by atoms with Crippen molar-refractivity contribution in [2.45, 2.75) is 381 Å². The van der Waals surface area contributed by atoms with Crippen molar-refractivity contribution in [2.24, 2.45) is 23.7 Å². The molecule has 0 aliphatic carbocycles. The molecule has 4 unspecified atom stereocenters. The molecule has 0 amide bonds. The minimum Gasteiger partial charge on any atom is -0.542 e. The predicted molar refractivity (Wildman–Crippen MR) is 376 cm³/mol. The average Bonchev–Trinajstić information content (AvgIpc) is 3.57. The van der Waals surface area contributed by atoms with Gasteiger partial charge >= 0.3 is 49.0 Å². The number of ketones is 1. The second kappa shape index (κ2) is 112. The van der Waals surface area contributed by atoms with E-state index in [4.69, 9.17) is 24.1 Å². The Morgan fingerprint density at radius 1 is 0.489 bits per heavy atom. The first-order valence-corrected chi connectivity index (χ1v) is 36.0. The van der Waals surface area contributed by atoms with Crippen molar-refractivity contribution in [2.75, 3.05) is 33.5 Å². The van der Waals surface area contributed by atoms with Crippen molar-refractivity contribution >= 4 is 42.7 Å². The normalized spacial score (nSPS) is 10.8. The molecule has 0 saturated carbocycles. The maximum absolute atomic E-state index is 11.6. The van der Waals surface area contributed by atoms with Gasteiger partial charge < -0.3 is 45.4 Å². The molecule has 0 fully saturated rings. The minimum absolute atomic E-state index is 0. The van der Waals surface area contributed by atoms with Crippen LogP contribution in [0.25, 0.3) is 0 Å². The zero-order chi connectivity index (χ0) is 68.7. The van der Waals surface area contributed by atoms with E-state index in [0.717, 1.165) is 63.3 Å². The number of hydrogen-bond donors (Lipinski definition) is 1. The molecule has 1 N–H and O–H groups in total. The summed E-state index contributed by atoms with van der Waals surface area (Å²) in [6.45, 7) is 43.3. The summed E-state index contributed by atoms with van der Waals surface area (Å²) in [5.41, 5.74) is 0. The van der Waals surface area contributed by atoms with Crippen LogP contribution >= 0.6 is 0 Å². The van der Waals surface area contributed by atoms with Gasteiger partial charge in [-0.1, -0.05) is 310 Å². The van der Waals surface area contributed by atoms with E-state index in [0.29, 0.717) is 13.2 Å². The van der Waals surface area contributed by atoms with Crippen molar-refractivity contribution in [1.29, 1.82) is 0 Å². The van der Waals surface area contributed by atoms with Gasteiger partial charge in [0.1, 0.15) is 12.1 Å². The molecule has 0 aromatic carbocycles. The van der Waals surface area contributed by atoms with Gasteiger partial charge in [0.25, 0.3) is 6.47 Å². The first-order valence-electron chi connectivity index (χ1n) is 36.0. The summed E-state index contributed by atoms with van der Waals surface area (Å²) >= 11 is 0. The van der Waals surface area contributed by atoms with Crippen LogP contribution in [-0.2, 0) is 52.5 Å². The molecule has 530 valence electrons. The number of Topliss-reactive ketones (excluding diaryl/α,β-unsaturated/α-hetero) is 1. The number of carboxylic acids is 1. The number of carbonyl (C=O) groups excluding carboxylic acids is 6. The van der Waals surface area contributed by atoms with E-state index >= 15 is 0 Å². The molecular weight excluding hydrogens is 1330 g/mol. The van der Waals surface area contributed by atoms with Gasteiger partial charge in [0.05, 0.1) is 32.7 Å². The second-order valence-corrected chi connectivity index (χ2v) is 22.4. The van der Waals surface area contributed by atoms with Gasteiger partial charge in [0.15, 0.2) is 0 Å². The topological polar surface area (TPSA) is 177 Å². The number of carboxylic acid groups (broad SMARTS) is 1. The van der Waals surface area contributed by atoms with Crippen LogP contribution in [0.1, 0.15) is 381 Å². The van der Waals surface area contributed by atoms with Crippen molar-refractivity contribution in [1.82, 2.24) is 0 Å². The second-order valence-electron chi connectivity index (χ2n) is 22.4. The van der Waals surface area contributed by atoms with E-state index in [1.54, 1.807) is 7.11 Å². The molecule has 0 aliphatic heterocycles. The summed E-state index contributed by atoms with van der Waals surface area (Å²) in [5, 5.41) is 8.72. The molecule has 0 saturated heterocycles. The number of aliphatic carboxylic acids is 1. The van der Waals surface area contributed by atoms with Crippen LogP contribution in [0.3, 0.4) is 0 Å². The van der Waals surface area contributed by atoms with Gasteiger partial charge in [-0.15, -0.1) is 0 Å². The molecular formula is C75H154O12U. The summed E-state index contributed by atoms with van der Waals surface area (Å²) in [5.74, 6) is -0.590. The SMILES string of the molecule is CC.CCCC.CCCC.CCCCC(CC)C(C)CC.CCCCCCCCC.CCCCCCCCOC.CCCCCCCCOC(=O)CC(CC=O)CC(C)=O.CCCCCCCCOC(=O)CC(COC=O)CC(=O)O.C[C-]=O.[CH2-]CC.[U+2]. The molecule has 12 nitrogen and oxygen atoms in total. The summed E-state index contributed by atoms with van der Waals surface area (Å²) in [4.78, 5) is 74.1. The van der Waals surface area contributed by atoms with Crippen molar-refractivity contribution < 1.29 is 88.7 Å². The Labute approximate surface area is 573 Å². The number of carbonyl (C=O) groups is 6. The number of esters is 2. The van der Waals surface area contributed by atoms with Crippen LogP contribution in [0.2, 0.25) is 0 Å². The molecule has 0 aliphatic rings. The van der Waals surface area contributed by atoms with Crippen LogP contribution in [0, 0.1) is 61.7 Å². The fourth-order valence-electron chi connectivity index (χ4n) is 7.87. The average molecular weight is 1490 g/mol. The van der Waals surface area contributed by atoms with Gasteiger partial charge in [-0.3, -0.25) is 25.5 Å². The maximum Gasteiger partial charge on any atom is 2.00 e. The Kier molecular flexibility index (Phi) is 141. The quantitative estimate of drug-likeness (QED) is 0.0201. The number of unbranched alkanes of at least 4 members (excludes halogenated alkanes) is 24. The van der Waals surface area contributed by atoms with Gasteiger partial charge in [0, 0.05) is 38.9 Å². The summed E-state index contributed by atoms with van der Waals surface area (Å²) in [6.07, 6.45) is 47.5. The van der Waals surface area contributed by atoms with E-state index in [1.807, 2.05) is 20.8 Å². The molecule has 88 heavy (non-hydrogen) atoms. The third kappa shape index (κ3) is 133. The van der Waals surface area contributed by atoms with Crippen molar-refractivity contribution in [3.05, 3.63) is 6.92 Å². The first kappa shape index (κ1) is 110. The van der Waals surface area contributed by atoms with E-state index in [2.05, 4.69) is 102 Å². The van der Waals surface area contributed by atoms with E-state index in [9.17, 15) is 28.8 Å². The zero-order valence-corrected chi connectivity index (χ0v) is 66.4. The largest absolute Gasteiger partial charge is 2.00 e. The van der Waals surface area contributed by atoms with E-state index < -0.39 is 17.9 Å². The smallest absolute Gasteiger partial charge is 0.542 e. The number of rotatable bonds is 48.